The van der Waals surface area contributed by atoms with Crippen molar-refractivity contribution < 1.29 is 19.5 Å². The molecule has 0 spiro atoms. The van der Waals surface area contributed by atoms with Crippen LogP contribution in [-0.2, 0) is 21.4 Å². The third-order valence-electron chi connectivity index (χ3n) is 4.44. The summed E-state index contributed by atoms with van der Waals surface area (Å²) in [4.78, 5) is 37.5. The van der Waals surface area contributed by atoms with E-state index in [1.165, 1.54) is 17.1 Å². The molecule has 1 saturated carbocycles. The Morgan fingerprint density at radius 3 is 2.33 bits per heavy atom. The average molecular weight is 291 g/mol. The molecule has 1 N–H and O–H groups in total. The molecule has 112 valence electrons. The number of likely N-dealkylation sites (tertiary alicyclic amines) is 1. The van der Waals surface area contributed by atoms with Gasteiger partial charge >= 0.3 is 5.97 Å². The number of carbonyl (C=O) groups is 3. The molecule has 1 saturated heterocycles. The summed E-state index contributed by atoms with van der Waals surface area (Å²) in [6, 6.07) is -1.28. The minimum Gasteiger partial charge on any atom is -0.479 e. The van der Waals surface area contributed by atoms with Crippen LogP contribution in [0, 0.1) is 17.8 Å². The van der Waals surface area contributed by atoms with Crippen molar-refractivity contribution in [2.75, 3.05) is 0 Å². The highest BCUT2D eigenvalue weighted by Gasteiger charge is 2.55. The number of nitrogens with zero attached hydrogens (tertiary/aromatic N) is 3. The van der Waals surface area contributed by atoms with Crippen LogP contribution in [0.2, 0.25) is 0 Å². The van der Waals surface area contributed by atoms with Gasteiger partial charge < -0.3 is 5.11 Å². The summed E-state index contributed by atoms with van der Waals surface area (Å²) in [5.41, 5.74) is 0.347. The number of carboxylic acids is 1. The molecule has 7 nitrogen and oxygen atoms in total. The van der Waals surface area contributed by atoms with E-state index in [4.69, 9.17) is 0 Å². The number of carbonyl (C=O) groups excluding carboxylic acids is 2. The number of aromatic nitrogens is 2. The van der Waals surface area contributed by atoms with Crippen molar-refractivity contribution in [2.45, 2.75) is 25.8 Å². The van der Waals surface area contributed by atoms with Crippen molar-refractivity contribution in [1.29, 1.82) is 0 Å². The minimum absolute atomic E-state index is 0.330. The third kappa shape index (κ3) is 2.03. The maximum atomic E-state index is 12.5. The second kappa shape index (κ2) is 4.68. The van der Waals surface area contributed by atoms with Gasteiger partial charge in [0, 0.05) is 18.8 Å². The first-order chi connectivity index (χ1) is 9.90. The number of aryl methyl sites for hydroxylation is 1. The lowest BCUT2D eigenvalue weighted by Gasteiger charge is -2.23. The summed E-state index contributed by atoms with van der Waals surface area (Å²) in [6.45, 7) is 2.01. The zero-order valence-electron chi connectivity index (χ0n) is 11.9. The normalized spacial score (nSPS) is 29.8. The summed E-state index contributed by atoms with van der Waals surface area (Å²) in [7, 11) is 1.66. The van der Waals surface area contributed by atoms with Gasteiger partial charge in [-0.25, -0.2) is 4.79 Å². The van der Waals surface area contributed by atoms with Gasteiger partial charge in [0.1, 0.15) is 0 Å². The number of carboxylic acid groups (broad SMARTS) is 1. The van der Waals surface area contributed by atoms with Gasteiger partial charge in [-0.05, 0) is 18.8 Å². The average Bonchev–Trinajstić information content (AvgIpc) is 3.04. The second-order valence-corrected chi connectivity index (χ2v) is 6.02. The van der Waals surface area contributed by atoms with E-state index in [1.807, 2.05) is 6.92 Å². The van der Waals surface area contributed by atoms with E-state index < -0.39 is 12.0 Å². The first kappa shape index (κ1) is 13.8. The van der Waals surface area contributed by atoms with E-state index in [9.17, 15) is 19.5 Å². The van der Waals surface area contributed by atoms with Gasteiger partial charge in [-0.3, -0.25) is 19.2 Å². The Hall–Kier alpha value is -2.18. The second-order valence-electron chi connectivity index (χ2n) is 6.02. The standard InChI is InChI=1S/C14H17N3O4/c1-7-3-9-10(4-7)13(19)17(12(9)18)11(14(20)21)8-5-15-16(2)6-8/h5-7,9-11H,3-4H2,1-2H3,(H,20,21). The van der Waals surface area contributed by atoms with E-state index in [-0.39, 0.29) is 23.7 Å². The van der Waals surface area contributed by atoms with Crippen LogP contribution < -0.4 is 0 Å². The van der Waals surface area contributed by atoms with Crippen molar-refractivity contribution >= 4 is 17.8 Å². The van der Waals surface area contributed by atoms with E-state index in [2.05, 4.69) is 5.10 Å². The van der Waals surface area contributed by atoms with Crippen molar-refractivity contribution in [1.82, 2.24) is 14.7 Å². The lowest BCUT2D eigenvalue weighted by Crippen LogP contribution is -2.39. The molecule has 1 aliphatic carbocycles. The monoisotopic (exact) mass is 291 g/mol. The molecule has 0 aromatic carbocycles. The zero-order chi connectivity index (χ0) is 15.3. The van der Waals surface area contributed by atoms with Gasteiger partial charge in [-0.1, -0.05) is 6.92 Å². The van der Waals surface area contributed by atoms with Crippen molar-refractivity contribution in [3.63, 3.8) is 0 Å². The number of imide groups is 1. The smallest absolute Gasteiger partial charge is 0.331 e. The molecule has 21 heavy (non-hydrogen) atoms. The van der Waals surface area contributed by atoms with Crippen LogP contribution in [0.15, 0.2) is 12.4 Å². The minimum atomic E-state index is -1.28. The van der Waals surface area contributed by atoms with E-state index in [1.54, 1.807) is 7.05 Å². The topological polar surface area (TPSA) is 92.5 Å². The van der Waals surface area contributed by atoms with Gasteiger partial charge in [0.25, 0.3) is 0 Å². The van der Waals surface area contributed by atoms with E-state index >= 15 is 0 Å². The first-order valence-corrected chi connectivity index (χ1v) is 6.98. The Morgan fingerprint density at radius 2 is 1.90 bits per heavy atom. The third-order valence-corrected chi connectivity index (χ3v) is 4.44. The van der Waals surface area contributed by atoms with Gasteiger partial charge in [0.2, 0.25) is 11.8 Å². The largest absolute Gasteiger partial charge is 0.479 e. The number of rotatable bonds is 3. The van der Waals surface area contributed by atoms with Crippen molar-refractivity contribution in [3.8, 4) is 0 Å². The summed E-state index contributed by atoms with van der Waals surface area (Å²) in [6.07, 6.45) is 4.22. The molecular formula is C14H17N3O4. The molecular weight excluding hydrogens is 274 g/mol. The van der Waals surface area contributed by atoms with Gasteiger partial charge in [-0.2, -0.15) is 5.10 Å². The SMILES string of the molecule is CC1CC2C(=O)N(C(C(=O)O)c3cnn(C)c3)C(=O)C2C1. The van der Waals surface area contributed by atoms with Crippen LogP contribution in [0.1, 0.15) is 31.4 Å². The predicted octanol–water partition coefficient (Wildman–Crippen LogP) is 0.577. The Morgan fingerprint density at radius 1 is 1.33 bits per heavy atom. The van der Waals surface area contributed by atoms with Gasteiger partial charge in [-0.15, -0.1) is 0 Å². The summed E-state index contributed by atoms with van der Waals surface area (Å²) >= 11 is 0. The van der Waals surface area contributed by atoms with E-state index in [0.717, 1.165) is 4.90 Å². The molecule has 1 aliphatic heterocycles. The number of fused-ring (bicyclic) bond motifs is 1. The van der Waals surface area contributed by atoms with Crippen molar-refractivity contribution in [3.05, 3.63) is 18.0 Å². The Labute approximate surface area is 121 Å². The maximum Gasteiger partial charge on any atom is 0.331 e. The van der Waals surface area contributed by atoms with Crippen LogP contribution >= 0.6 is 0 Å². The van der Waals surface area contributed by atoms with Crippen molar-refractivity contribution in [2.24, 2.45) is 24.8 Å². The number of aliphatic carboxylic acids is 1. The molecule has 3 atom stereocenters. The van der Waals surface area contributed by atoms with Gasteiger partial charge in [0.05, 0.1) is 18.0 Å². The highest BCUT2D eigenvalue weighted by Crippen LogP contribution is 2.45. The molecule has 2 amide bonds. The fraction of sp³-hybridized carbons (Fsp3) is 0.571. The highest BCUT2D eigenvalue weighted by atomic mass is 16.4. The summed E-state index contributed by atoms with van der Waals surface area (Å²) in [5, 5.41) is 13.4. The number of hydrogen-bond acceptors (Lipinski definition) is 4. The summed E-state index contributed by atoms with van der Waals surface area (Å²) < 4.78 is 1.46. The molecule has 0 bridgehead atoms. The fourth-order valence-electron chi connectivity index (χ4n) is 3.54. The summed E-state index contributed by atoms with van der Waals surface area (Å²) in [5.74, 6) is -2.30. The van der Waals surface area contributed by atoms with Crippen LogP contribution in [0.3, 0.4) is 0 Å². The quantitative estimate of drug-likeness (QED) is 0.822. The number of amides is 2. The molecule has 2 fully saturated rings. The van der Waals surface area contributed by atoms with E-state index in [0.29, 0.717) is 24.3 Å². The predicted molar refractivity (Wildman–Crippen MR) is 70.8 cm³/mol. The molecule has 7 heteroatoms. The Balaban J connectivity index is 1.96. The fourth-order valence-corrected chi connectivity index (χ4v) is 3.54. The molecule has 2 aliphatic rings. The molecule has 2 heterocycles. The van der Waals surface area contributed by atoms with Crippen LogP contribution in [0.25, 0.3) is 0 Å². The van der Waals surface area contributed by atoms with Gasteiger partial charge in [0.15, 0.2) is 6.04 Å². The molecule has 1 aromatic rings. The maximum absolute atomic E-state index is 12.5. The lowest BCUT2D eigenvalue weighted by atomic mass is 10.00. The molecule has 3 rings (SSSR count). The molecule has 0 radical (unpaired) electrons. The lowest BCUT2D eigenvalue weighted by molar-refractivity contribution is -0.155. The molecule has 1 aromatic heterocycles. The first-order valence-electron chi connectivity index (χ1n) is 6.98. The Bertz CT molecular complexity index is 599. The highest BCUT2D eigenvalue weighted by molar-refractivity contribution is 6.08. The molecule has 3 unspecified atom stereocenters. The Kier molecular flexibility index (Phi) is 3.07. The van der Waals surface area contributed by atoms with Crippen LogP contribution in [0.5, 0.6) is 0 Å². The zero-order valence-corrected chi connectivity index (χ0v) is 11.9. The number of hydrogen-bond donors (Lipinski definition) is 1. The van der Waals surface area contributed by atoms with Crippen LogP contribution in [-0.4, -0.2) is 37.6 Å². The van der Waals surface area contributed by atoms with Crippen LogP contribution in [0.4, 0.5) is 0 Å².